The van der Waals surface area contributed by atoms with Crippen LogP contribution in [0.15, 0.2) is 33.1 Å². The first-order valence-electron chi connectivity index (χ1n) is 7.26. The van der Waals surface area contributed by atoms with E-state index in [2.05, 4.69) is 9.97 Å². The van der Waals surface area contributed by atoms with Crippen LogP contribution in [0.4, 0.5) is 6.01 Å². The van der Waals surface area contributed by atoms with Crippen LogP contribution in [0.5, 0.6) is 0 Å². The van der Waals surface area contributed by atoms with E-state index in [1.807, 2.05) is 24.3 Å². The largest absolute Gasteiger partial charge is 0.436 e. The minimum absolute atomic E-state index is 0.116. The molecule has 0 N–H and O–H groups in total. The van der Waals surface area contributed by atoms with Gasteiger partial charge in [-0.3, -0.25) is 9.69 Å². The minimum atomic E-state index is -0.243. The number of amides is 1. The molecular formula is C16H15N3O3. The number of hydrogen-bond donors (Lipinski definition) is 0. The van der Waals surface area contributed by atoms with Crippen LogP contribution in [-0.4, -0.2) is 21.9 Å². The summed E-state index contributed by atoms with van der Waals surface area (Å²) in [7, 11) is 0. The quantitative estimate of drug-likeness (QED) is 0.742. The van der Waals surface area contributed by atoms with Gasteiger partial charge in [0.1, 0.15) is 5.52 Å². The van der Waals surface area contributed by atoms with Crippen LogP contribution < -0.4 is 4.90 Å². The molecule has 1 aliphatic rings. The normalized spacial score (nSPS) is 14.5. The van der Waals surface area contributed by atoms with E-state index in [9.17, 15) is 4.79 Å². The van der Waals surface area contributed by atoms with Crippen LogP contribution >= 0.6 is 0 Å². The zero-order valence-electron chi connectivity index (χ0n) is 12.4. The highest BCUT2D eigenvalue weighted by molar-refractivity contribution is 6.04. The Hall–Kier alpha value is -2.63. The van der Waals surface area contributed by atoms with Crippen molar-refractivity contribution in [3.8, 4) is 0 Å². The first-order valence-corrected chi connectivity index (χ1v) is 7.26. The highest BCUT2D eigenvalue weighted by atomic mass is 16.4. The van der Waals surface area contributed by atoms with E-state index >= 15 is 0 Å². The Bertz CT molecular complexity index is 828. The molecule has 2 heterocycles. The van der Waals surface area contributed by atoms with Gasteiger partial charge in [-0.05, 0) is 31.9 Å². The molecule has 112 valence electrons. The standard InChI is InChI=1S/C16H15N3O3/c1-9-14(21-10(2)17-9)15(20)19(11-7-8-11)16-18-12-5-3-4-6-13(12)22-16/h3-6,11H,7-8H2,1-2H3. The number of nitrogens with zero attached hydrogens (tertiary/aromatic N) is 3. The molecule has 1 fully saturated rings. The summed E-state index contributed by atoms with van der Waals surface area (Å²) in [6, 6.07) is 7.91. The minimum Gasteiger partial charge on any atom is -0.436 e. The molecule has 0 aliphatic heterocycles. The van der Waals surface area contributed by atoms with Crippen molar-refractivity contribution in [3.05, 3.63) is 41.6 Å². The fourth-order valence-electron chi connectivity index (χ4n) is 2.54. The fourth-order valence-corrected chi connectivity index (χ4v) is 2.54. The number of hydrogen-bond acceptors (Lipinski definition) is 5. The maximum atomic E-state index is 12.8. The average Bonchev–Trinajstić information content (AvgIpc) is 3.12. The van der Waals surface area contributed by atoms with Crippen molar-refractivity contribution >= 4 is 23.0 Å². The Morgan fingerprint density at radius 3 is 2.59 bits per heavy atom. The molecule has 1 aromatic carbocycles. The summed E-state index contributed by atoms with van der Waals surface area (Å²) in [4.78, 5) is 23.0. The Kier molecular flexibility index (Phi) is 2.79. The second-order valence-corrected chi connectivity index (χ2v) is 5.52. The van der Waals surface area contributed by atoms with Crippen molar-refractivity contribution in [2.45, 2.75) is 32.7 Å². The van der Waals surface area contributed by atoms with Crippen LogP contribution in [0.2, 0.25) is 0 Å². The monoisotopic (exact) mass is 297 g/mol. The molecule has 0 bridgehead atoms. The van der Waals surface area contributed by atoms with Crippen molar-refractivity contribution in [3.63, 3.8) is 0 Å². The number of aromatic nitrogens is 2. The third kappa shape index (κ3) is 2.07. The number of para-hydroxylation sites is 2. The molecule has 6 heteroatoms. The summed E-state index contributed by atoms with van der Waals surface area (Å²) in [5.41, 5.74) is 1.99. The van der Waals surface area contributed by atoms with E-state index in [1.165, 1.54) is 0 Å². The smallest absolute Gasteiger partial charge is 0.305 e. The molecule has 0 atom stereocenters. The zero-order chi connectivity index (χ0) is 15.3. The molecule has 0 spiro atoms. The zero-order valence-corrected chi connectivity index (χ0v) is 12.4. The SMILES string of the molecule is Cc1nc(C)c(C(=O)N(c2nc3ccccc3o2)C2CC2)o1. The van der Waals surface area contributed by atoms with Crippen LogP contribution in [0.1, 0.15) is 35.0 Å². The molecule has 4 rings (SSSR count). The van der Waals surface area contributed by atoms with Gasteiger partial charge in [0.25, 0.3) is 5.91 Å². The van der Waals surface area contributed by atoms with E-state index < -0.39 is 0 Å². The van der Waals surface area contributed by atoms with E-state index in [4.69, 9.17) is 8.83 Å². The summed E-state index contributed by atoms with van der Waals surface area (Å²) in [6.45, 7) is 3.49. The second-order valence-electron chi connectivity index (χ2n) is 5.52. The molecule has 2 aromatic heterocycles. The van der Waals surface area contributed by atoms with Gasteiger partial charge in [0, 0.05) is 13.0 Å². The highest BCUT2D eigenvalue weighted by Crippen LogP contribution is 2.34. The number of oxazole rings is 2. The molecule has 0 unspecified atom stereocenters. The predicted octanol–water partition coefficient (Wildman–Crippen LogP) is 3.24. The Morgan fingerprint density at radius 2 is 1.95 bits per heavy atom. The lowest BCUT2D eigenvalue weighted by Crippen LogP contribution is -2.33. The maximum absolute atomic E-state index is 12.8. The van der Waals surface area contributed by atoms with Gasteiger partial charge >= 0.3 is 6.01 Å². The molecular weight excluding hydrogens is 282 g/mol. The van der Waals surface area contributed by atoms with Gasteiger partial charge in [0.15, 0.2) is 11.5 Å². The van der Waals surface area contributed by atoms with E-state index in [1.54, 1.807) is 18.7 Å². The van der Waals surface area contributed by atoms with E-state index in [-0.39, 0.29) is 17.7 Å². The summed E-state index contributed by atoms with van der Waals surface area (Å²) >= 11 is 0. The number of benzene rings is 1. The van der Waals surface area contributed by atoms with E-state index in [0.29, 0.717) is 23.2 Å². The van der Waals surface area contributed by atoms with Crippen molar-refractivity contribution in [2.24, 2.45) is 0 Å². The molecule has 6 nitrogen and oxygen atoms in total. The molecule has 1 aliphatic carbocycles. The van der Waals surface area contributed by atoms with Crippen molar-refractivity contribution in [2.75, 3.05) is 4.90 Å². The summed E-state index contributed by atoms with van der Waals surface area (Å²) in [5, 5.41) is 0. The third-order valence-corrected chi connectivity index (χ3v) is 3.72. The second kappa shape index (κ2) is 4.69. The number of carbonyl (C=O) groups excluding carboxylic acids is 1. The summed E-state index contributed by atoms with van der Waals surface area (Å²) in [5.74, 6) is 0.493. The molecule has 0 saturated heterocycles. The fraction of sp³-hybridized carbons (Fsp3) is 0.312. The predicted molar refractivity (Wildman–Crippen MR) is 79.8 cm³/mol. The summed E-state index contributed by atoms with van der Waals surface area (Å²) in [6.07, 6.45) is 1.88. The van der Waals surface area contributed by atoms with Gasteiger partial charge in [-0.1, -0.05) is 12.1 Å². The topological polar surface area (TPSA) is 72.4 Å². The van der Waals surface area contributed by atoms with Crippen LogP contribution in [0, 0.1) is 13.8 Å². The number of fused-ring (bicyclic) bond motifs is 1. The lowest BCUT2D eigenvalue weighted by molar-refractivity contribution is 0.0951. The molecule has 1 amide bonds. The van der Waals surface area contributed by atoms with Crippen molar-refractivity contribution < 1.29 is 13.6 Å². The number of anilines is 1. The van der Waals surface area contributed by atoms with Gasteiger partial charge in [0.05, 0.1) is 5.69 Å². The first-order chi connectivity index (χ1) is 10.6. The van der Waals surface area contributed by atoms with Crippen LogP contribution in [0.25, 0.3) is 11.1 Å². The van der Waals surface area contributed by atoms with Crippen molar-refractivity contribution in [1.82, 2.24) is 9.97 Å². The summed E-state index contributed by atoms with van der Waals surface area (Å²) < 4.78 is 11.2. The van der Waals surface area contributed by atoms with Crippen LogP contribution in [0.3, 0.4) is 0 Å². The molecule has 1 saturated carbocycles. The first kappa shape index (κ1) is 13.1. The van der Waals surface area contributed by atoms with Gasteiger partial charge in [0.2, 0.25) is 5.76 Å². The third-order valence-electron chi connectivity index (χ3n) is 3.72. The van der Waals surface area contributed by atoms with Gasteiger partial charge < -0.3 is 8.83 Å². The lowest BCUT2D eigenvalue weighted by atomic mass is 10.3. The number of aryl methyl sites for hydroxylation is 2. The van der Waals surface area contributed by atoms with Gasteiger partial charge in [-0.25, -0.2) is 4.98 Å². The van der Waals surface area contributed by atoms with Crippen LogP contribution in [-0.2, 0) is 0 Å². The molecule has 3 aromatic rings. The van der Waals surface area contributed by atoms with Crippen molar-refractivity contribution in [1.29, 1.82) is 0 Å². The Balaban J connectivity index is 1.77. The van der Waals surface area contributed by atoms with E-state index in [0.717, 1.165) is 18.4 Å². The van der Waals surface area contributed by atoms with Gasteiger partial charge in [-0.2, -0.15) is 4.98 Å². The Morgan fingerprint density at radius 1 is 1.18 bits per heavy atom. The Labute approximate surface area is 126 Å². The molecule has 0 radical (unpaired) electrons. The average molecular weight is 297 g/mol. The van der Waals surface area contributed by atoms with Gasteiger partial charge in [-0.15, -0.1) is 0 Å². The molecule has 22 heavy (non-hydrogen) atoms. The number of carbonyl (C=O) groups is 1. The maximum Gasteiger partial charge on any atom is 0.305 e. The lowest BCUT2D eigenvalue weighted by Gasteiger charge is -2.16. The number of rotatable bonds is 3. The highest BCUT2D eigenvalue weighted by Gasteiger charge is 2.39.